The molecule has 0 spiro atoms. The van der Waals surface area contributed by atoms with Crippen LogP contribution >= 0.6 is 0 Å². The summed E-state index contributed by atoms with van der Waals surface area (Å²) in [5.41, 5.74) is 0. The molecule has 1 rings (SSSR count). The SMILES string of the molecule is COC(=O)C1=C[C@H](O)[C@@H](O)[C@H](C(=O)OC)O1. The van der Waals surface area contributed by atoms with Gasteiger partial charge < -0.3 is 24.4 Å². The Labute approximate surface area is 91.2 Å². The Hall–Kier alpha value is -1.60. The van der Waals surface area contributed by atoms with Crippen molar-refractivity contribution in [2.75, 3.05) is 14.2 Å². The Bertz CT molecular complexity index is 322. The molecule has 0 amide bonds. The van der Waals surface area contributed by atoms with Crippen LogP contribution in [0.25, 0.3) is 0 Å². The van der Waals surface area contributed by atoms with E-state index in [-0.39, 0.29) is 5.76 Å². The average Bonchev–Trinajstić information content (AvgIpc) is 2.30. The maximum atomic E-state index is 11.2. The van der Waals surface area contributed by atoms with Crippen LogP contribution in [0.15, 0.2) is 11.8 Å². The molecular weight excluding hydrogens is 220 g/mol. The second kappa shape index (κ2) is 4.95. The van der Waals surface area contributed by atoms with Gasteiger partial charge in [-0.25, -0.2) is 9.59 Å². The van der Waals surface area contributed by atoms with E-state index in [0.717, 1.165) is 20.3 Å². The number of aliphatic hydroxyl groups is 2. The summed E-state index contributed by atoms with van der Waals surface area (Å²) < 4.78 is 13.6. The molecule has 0 aliphatic carbocycles. The molecule has 0 bridgehead atoms. The van der Waals surface area contributed by atoms with Crippen LogP contribution in [0.1, 0.15) is 0 Å². The van der Waals surface area contributed by atoms with Crippen molar-refractivity contribution in [3.8, 4) is 0 Å². The lowest BCUT2D eigenvalue weighted by Gasteiger charge is -2.28. The van der Waals surface area contributed by atoms with Gasteiger partial charge in [0.05, 0.1) is 14.2 Å². The summed E-state index contributed by atoms with van der Waals surface area (Å²) in [7, 11) is 2.22. The molecule has 0 unspecified atom stereocenters. The molecular formula is C9H12O7. The first-order chi connectivity index (χ1) is 7.51. The Balaban J connectivity index is 2.90. The molecule has 0 saturated heterocycles. The predicted octanol–water partition coefficient (Wildman–Crippen LogP) is -1.66. The molecule has 90 valence electrons. The summed E-state index contributed by atoms with van der Waals surface area (Å²) in [6, 6.07) is 0. The van der Waals surface area contributed by atoms with Crippen LogP contribution in [0.4, 0.5) is 0 Å². The summed E-state index contributed by atoms with van der Waals surface area (Å²) in [6.45, 7) is 0. The zero-order chi connectivity index (χ0) is 12.3. The quantitative estimate of drug-likeness (QED) is 0.549. The second-order valence-electron chi connectivity index (χ2n) is 3.07. The zero-order valence-corrected chi connectivity index (χ0v) is 8.75. The number of esters is 2. The number of ether oxygens (including phenoxy) is 3. The molecule has 16 heavy (non-hydrogen) atoms. The molecule has 7 nitrogen and oxygen atoms in total. The van der Waals surface area contributed by atoms with Crippen molar-refractivity contribution < 1.29 is 34.0 Å². The van der Waals surface area contributed by atoms with Gasteiger partial charge in [0.25, 0.3) is 0 Å². The van der Waals surface area contributed by atoms with Gasteiger partial charge in [-0.3, -0.25) is 0 Å². The Morgan fingerprint density at radius 2 is 1.94 bits per heavy atom. The minimum absolute atomic E-state index is 0.337. The monoisotopic (exact) mass is 232 g/mol. The second-order valence-corrected chi connectivity index (χ2v) is 3.07. The minimum Gasteiger partial charge on any atom is -0.468 e. The predicted molar refractivity (Wildman–Crippen MR) is 49.0 cm³/mol. The number of rotatable bonds is 2. The van der Waals surface area contributed by atoms with Crippen molar-refractivity contribution in [2.45, 2.75) is 18.3 Å². The van der Waals surface area contributed by atoms with Gasteiger partial charge in [0.1, 0.15) is 12.2 Å². The Morgan fingerprint density at radius 3 is 2.44 bits per heavy atom. The van der Waals surface area contributed by atoms with Crippen molar-refractivity contribution in [3.63, 3.8) is 0 Å². The number of methoxy groups -OCH3 is 2. The van der Waals surface area contributed by atoms with Crippen molar-refractivity contribution in [2.24, 2.45) is 0 Å². The third kappa shape index (κ3) is 2.31. The van der Waals surface area contributed by atoms with E-state index in [1.54, 1.807) is 0 Å². The molecule has 0 aromatic heterocycles. The topological polar surface area (TPSA) is 102 Å². The Kier molecular flexibility index (Phi) is 3.86. The van der Waals surface area contributed by atoms with Crippen molar-refractivity contribution in [1.29, 1.82) is 0 Å². The molecule has 0 fully saturated rings. The van der Waals surface area contributed by atoms with Crippen LogP contribution in [0.5, 0.6) is 0 Å². The third-order valence-corrected chi connectivity index (χ3v) is 2.06. The van der Waals surface area contributed by atoms with E-state index < -0.39 is 30.3 Å². The average molecular weight is 232 g/mol. The van der Waals surface area contributed by atoms with Crippen LogP contribution in [0, 0.1) is 0 Å². The van der Waals surface area contributed by atoms with Crippen LogP contribution in [-0.2, 0) is 23.8 Å². The molecule has 2 N–H and O–H groups in total. The fraction of sp³-hybridized carbons (Fsp3) is 0.556. The largest absolute Gasteiger partial charge is 0.468 e. The minimum atomic E-state index is -1.49. The van der Waals surface area contributed by atoms with Gasteiger partial charge in [0.15, 0.2) is 0 Å². The van der Waals surface area contributed by atoms with Gasteiger partial charge in [-0.05, 0) is 6.08 Å². The van der Waals surface area contributed by atoms with Crippen molar-refractivity contribution in [3.05, 3.63) is 11.8 Å². The van der Waals surface area contributed by atoms with Gasteiger partial charge in [0.2, 0.25) is 11.9 Å². The van der Waals surface area contributed by atoms with Crippen LogP contribution in [0.3, 0.4) is 0 Å². The summed E-state index contributed by atoms with van der Waals surface area (Å²) in [5, 5.41) is 18.8. The number of hydrogen-bond acceptors (Lipinski definition) is 7. The standard InChI is InChI=1S/C9H12O7/c1-14-8(12)5-3-4(10)6(11)7(16-5)9(13)15-2/h3-4,6-7,10-11H,1-2H3/t4-,6+,7+/m0/s1. The highest BCUT2D eigenvalue weighted by Crippen LogP contribution is 2.20. The lowest BCUT2D eigenvalue weighted by atomic mass is 10.0. The van der Waals surface area contributed by atoms with E-state index in [0.29, 0.717) is 0 Å². The maximum Gasteiger partial charge on any atom is 0.373 e. The summed E-state index contributed by atoms with van der Waals surface area (Å²) in [6.07, 6.45) is -3.36. The summed E-state index contributed by atoms with van der Waals surface area (Å²) >= 11 is 0. The Morgan fingerprint density at radius 1 is 1.31 bits per heavy atom. The normalized spacial score (nSPS) is 28.8. The van der Waals surface area contributed by atoms with E-state index in [4.69, 9.17) is 4.74 Å². The molecule has 3 atom stereocenters. The van der Waals surface area contributed by atoms with E-state index >= 15 is 0 Å². The van der Waals surface area contributed by atoms with E-state index in [1.807, 2.05) is 0 Å². The van der Waals surface area contributed by atoms with Gasteiger partial charge in [-0.15, -0.1) is 0 Å². The highest BCUT2D eigenvalue weighted by atomic mass is 16.6. The fourth-order valence-corrected chi connectivity index (χ4v) is 1.20. The highest BCUT2D eigenvalue weighted by Gasteiger charge is 2.40. The van der Waals surface area contributed by atoms with Gasteiger partial charge in [0, 0.05) is 0 Å². The van der Waals surface area contributed by atoms with Crippen LogP contribution < -0.4 is 0 Å². The zero-order valence-electron chi connectivity index (χ0n) is 8.75. The molecule has 0 saturated carbocycles. The van der Waals surface area contributed by atoms with Gasteiger partial charge >= 0.3 is 11.9 Å². The van der Waals surface area contributed by atoms with Crippen LogP contribution in [0.2, 0.25) is 0 Å². The highest BCUT2D eigenvalue weighted by molar-refractivity contribution is 5.87. The number of aliphatic hydroxyl groups excluding tert-OH is 2. The van der Waals surface area contributed by atoms with E-state index in [1.165, 1.54) is 0 Å². The lowest BCUT2D eigenvalue weighted by Crippen LogP contribution is -2.47. The molecule has 7 heteroatoms. The third-order valence-electron chi connectivity index (χ3n) is 2.06. The summed E-state index contributed by atoms with van der Waals surface area (Å²) in [5.74, 6) is -2.07. The first kappa shape index (κ1) is 12.5. The van der Waals surface area contributed by atoms with E-state index in [2.05, 4.69) is 9.47 Å². The molecule has 0 aromatic carbocycles. The van der Waals surface area contributed by atoms with Gasteiger partial charge in [-0.1, -0.05) is 0 Å². The fourth-order valence-electron chi connectivity index (χ4n) is 1.20. The number of hydrogen-bond donors (Lipinski definition) is 2. The first-order valence-corrected chi connectivity index (χ1v) is 4.42. The molecule has 1 aliphatic rings. The first-order valence-electron chi connectivity index (χ1n) is 4.42. The molecule has 1 heterocycles. The van der Waals surface area contributed by atoms with Crippen molar-refractivity contribution >= 4 is 11.9 Å². The smallest absolute Gasteiger partial charge is 0.373 e. The summed E-state index contributed by atoms with van der Waals surface area (Å²) in [4.78, 5) is 22.3. The number of carbonyl (C=O) groups excluding carboxylic acids is 2. The maximum absolute atomic E-state index is 11.2. The molecule has 0 radical (unpaired) electrons. The van der Waals surface area contributed by atoms with Gasteiger partial charge in [-0.2, -0.15) is 0 Å². The molecule has 1 aliphatic heterocycles. The lowest BCUT2D eigenvalue weighted by molar-refractivity contribution is -0.168. The van der Waals surface area contributed by atoms with Crippen LogP contribution in [-0.4, -0.2) is 54.7 Å². The molecule has 0 aromatic rings. The van der Waals surface area contributed by atoms with Crippen molar-refractivity contribution in [1.82, 2.24) is 0 Å². The van der Waals surface area contributed by atoms with E-state index in [9.17, 15) is 19.8 Å². The number of carbonyl (C=O) groups is 2.